The molecule has 0 amide bonds. The van der Waals surface area contributed by atoms with Crippen LogP contribution in [-0.2, 0) is 0 Å². The summed E-state index contributed by atoms with van der Waals surface area (Å²) in [5.41, 5.74) is 0. The summed E-state index contributed by atoms with van der Waals surface area (Å²) in [6, 6.07) is 0. The van der Waals surface area contributed by atoms with Gasteiger partial charge >= 0.3 is 0 Å². The van der Waals surface area contributed by atoms with E-state index in [9.17, 15) is 0 Å². The van der Waals surface area contributed by atoms with E-state index >= 15 is 0 Å². The Bertz CT molecular complexity index is 774. The van der Waals surface area contributed by atoms with Crippen molar-refractivity contribution in [2.75, 3.05) is 0 Å². The highest BCUT2D eigenvalue weighted by Gasteiger charge is 2.42. The molecule has 0 aromatic heterocycles. The maximum absolute atomic E-state index is 2.44. The van der Waals surface area contributed by atoms with E-state index in [-0.39, 0.29) is 0 Å². The van der Waals surface area contributed by atoms with Crippen LogP contribution in [0.5, 0.6) is 0 Å². The lowest BCUT2D eigenvalue weighted by Gasteiger charge is -2.42. The van der Waals surface area contributed by atoms with E-state index in [0.29, 0.717) is 0 Å². The molecule has 0 heterocycles. The van der Waals surface area contributed by atoms with Crippen LogP contribution in [0.2, 0.25) is 0 Å². The van der Waals surface area contributed by atoms with Crippen LogP contribution < -0.4 is 0 Å². The van der Waals surface area contributed by atoms with E-state index in [1.54, 1.807) is 128 Å². The van der Waals surface area contributed by atoms with E-state index in [4.69, 9.17) is 0 Å². The minimum atomic E-state index is 1.05. The van der Waals surface area contributed by atoms with Gasteiger partial charge in [0.15, 0.2) is 0 Å². The van der Waals surface area contributed by atoms with E-state index in [1.165, 1.54) is 31.1 Å². The molecular weight excluding hydrogens is 516 g/mol. The molecule has 9 atom stereocenters. The SMILES string of the molecule is C1CC2CCC1C2.CC1C2CCC(C2)C1C.CC1CC2CCC1C2.CC1CC2CCC1CC2.CCC1CC2CCC1CC2. The Hall–Kier alpha value is 0. The van der Waals surface area contributed by atoms with E-state index in [0.717, 1.165) is 76.9 Å². The molecule has 43 heavy (non-hydrogen) atoms. The molecular formula is C43H76. The lowest BCUT2D eigenvalue weighted by molar-refractivity contribution is 0.0964. The molecule has 0 radical (unpaired) electrons. The molecule has 0 aliphatic heterocycles. The first-order valence-corrected chi connectivity index (χ1v) is 20.9. The fourth-order valence-electron chi connectivity index (χ4n) is 13.3. The van der Waals surface area contributed by atoms with Gasteiger partial charge in [0, 0.05) is 0 Å². The number of rotatable bonds is 1. The third kappa shape index (κ3) is 8.30. The molecule has 12 aliphatic rings. The third-order valence-electron chi connectivity index (χ3n) is 16.7. The summed E-state index contributed by atoms with van der Waals surface area (Å²) in [4.78, 5) is 0. The Balaban J connectivity index is 0.0000000961. The van der Waals surface area contributed by atoms with Crippen molar-refractivity contribution >= 4 is 0 Å². The van der Waals surface area contributed by atoms with E-state index < -0.39 is 0 Å². The molecule has 12 saturated carbocycles. The zero-order valence-electron chi connectivity index (χ0n) is 29.9. The molecule has 12 fully saturated rings. The zero-order chi connectivity index (χ0) is 29.9. The summed E-state index contributed by atoms with van der Waals surface area (Å²) < 4.78 is 0. The van der Waals surface area contributed by atoms with Gasteiger partial charge in [-0.05, 0) is 172 Å². The Morgan fingerprint density at radius 1 is 0.326 bits per heavy atom. The summed E-state index contributed by atoms with van der Waals surface area (Å²) in [7, 11) is 0. The normalized spacial score (nSPS) is 50.6. The largest absolute Gasteiger partial charge is 0.0651 e. The quantitative estimate of drug-likeness (QED) is 0.284. The lowest BCUT2D eigenvalue weighted by Crippen LogP contribution is -2.30. The second kappa shape index (κ2) is 15.3. The molecule has 12 rings (SSSR count). The maximum atomic E-state index is 2.44. The minimum Gasteiger partial charge on any atom is -0.0651 e. The molecule has 248 valence electrons. The highest BCUT2D eigenvalue weighted by Crippen LogP contribution is 2.52. The monoisotopic (exact) mass is 593 g/mol. The summed E-state index contributed by atoms with van der Waals surface area (Å²) >= 11 is 0. The van der Waals surface area contributed by atoms with E-state index in [1.807, 2.05) is 0 Å². The Morgan fingerprint density at radius 2 is 0.721 bits per heavy atom. The molecule has 12 aliphatic carbocycles. The fraction of sp³-hybridized carbons (Fsp3) is 1.00. The number of hydrogen-bond donors (Lipinski definition) is 0. The summed E-state index contributed by atoms with van der Waals surface area (Å²) in [5, 5.41) is 0. The van der Waals surface area contributed by atoms with Crippen LogP contribution in [0.4, 0.5) is 0 Å². The van der Waals surface area contributed by atoms with Gasteiger partial charge in [0.25, 0.3) is 0 Å². The van der Waals surface area contributed by atoms with Crippen molar-refractivity contribution in [3.63, 3.8) is 0 Å². The summed E-state index contributed by atoms with van der Waals surface area (Å²) in [5.74, 6) is 16.7. The van der Waals surface area contributed by atoms with Crippen molar-refractivity contribution in [1.82, 2.24) is 0 Å². The number of fused-ring (bicyclic) bond motifs is 12. The van der Waals surface area contributed by atoms with Crippen LogP contribution in [0.3, 0.4) is 0 Å². The first kappa shape index (κ1) is 32.9. The Labute approximate surface area is 270 Å². The topological polar surface area (TPSA) is 0 Å². The van der Waals surface area contributed by atoms with Gasteiger partial charge in [-0.3, -0.25) is 0 Å². The molecule has 0 aromatic rings. The van der Waals surface area contributed by atoms with Crippen molar-refractivity contribution in [2.24, 2.45) is 88.8 Å². The molecule has 0 spiro atoms. The first-order chi connectivity index (χ1) is 20.9. The van der Waals surface area contributed by atoms with Gasteiger partial charge in [0.1, 0.15) is 0 Å². The van der Waals surface area contributed by atoms with Gasteiger partial charge in [-0.15, -0.1) is 0 Å². The predicted octanol–water partition coefficient (Wildman–Crippen LogP) is 13.4. The molecule has 9 unspecified atom stereocenters. The molecule has 0 heteroatoms. The van der Waals surface area contributed by atoms with Gasteiger partial charge in [0.05, 0.1) is 0 Å². The van der Waals surface area contributed by atoms with Crippen LogP contribution in [0.1, 0.15) is 182 Å². The van der Waals surface area contributed by atoms with Gasteiger partial charge in [-0.1, -0.05) is 98.8 Å². The second-order valence-corrected chi connectivity index (χ2v) is 19.0. The van der Waals surface area contributed by atoms with Crippen molar-refractivity contribution in [3.8, 4) is 0 Å². The smallest absolute Gasteiger partial charge is 0.0383 e. The lowest BCUT2D eigenvalue weighted by atomic mass is 9.64. The standard InChI is InChI=1S/C10H18.2C9H16.C8H14.C7H12/c1-2-9-7-8-3-5-10(9)6-4-8;1-6-7(2)9-4-3-8(6)5-9;1-7-6-8-2-4-9(7)5-3-8;1-6-4-7-2-3-8(6)5-7;1-2-7-4-3-6(1)5-7/h8-10H,2-7H2,1H3;6-9H,3-5H2,1-2H3;7-9H,2-6H2,1H3;6-8H,2-5H2,1H3;6-7H,1-5H2. The molecule has 0 aromatic carbocycles. The highest BCUT2D eigenvalue weighted by molar-refractivity contribution is 4.92. The van der Waals surface area contributed by atoms with Gasteiger partial charge in [0.2, 0.25) is 0 Å². The van der Waals surface area contributed by atoms with Crippen LogP contribution in [-0.4, -0.2) is 0 Å². The van der Waals surface area contributed by atoms with Crippen LogP contribution in [0.25, 0.3) is 0 Å². The second-order valence-electron chi connectivity index (χ2n) is 19.0. The van der Waals surface area contributed by atoms with E-state index in [2.05, 4.69) is 34.6 Å². The van der Waals surface area contributed by atoms with Crippen molar-refractivity contribution in [2.45, 2.75) is 182 Å². The maximum Gasteiger partial charge on any atom is -0.0383 e. The van der Waals surface area contributed by atoms with Gasteiger partial charge in [-0.2, -0.15) is 0 Å². The molecule has 0 nitrogen and oxygen atoms in total. The Kier molecular flexibility index (Phi) is 11.7. The van der Waals surface area contributed by atoms with Crippen LogP contribution in [0, 0.1) is 88.8 Å². The summed E-state index contributed by atoms with van der Waals surface area (Å²) in [6.45, 7) is 12.1. The van der Waals surface area contributed by atoms with Gasteiger partial charge in [-0.25, -0.2) is 0 Å². The van der Waals surface area contributed by atoms with Crippen molar-refractivity contribution in [1.29, 1.82) is 0 Å². The minimum absolute atomic E-state index is 1.05. The zero-order valence-corrected chi connectivity index (χ0v) is 29.9. The molecule has 0 saturated heterocycles. The highest BCUT2D eigenvalue weighted by atomic mass is 14.5. The fourth-order valence-corrected chi connectivity index (χ4v) is 13.3. The first-order valence-electron chi connectivity index (χ1n) is 20.9. The average molecular weight is 593 g/mol. The predicted molar refractivity (Wildman–Crippen MR) is 187 cm³/mol. The summed E-state index contributed by atoms with van der Waals surface area (Å²) in [6.07, 6.45) is 35.7. The van der Waals surface area contributed by atoms with Crippen molar-refractivity contribution < 1.29 is 0 Å². The molecule has 0 N–H and O–H groups in total. The third-order valence-corrected chi connectivity index (χ3v) is 16.7. The Morgan fingerprint density at radius 3 is 0.930 bits per heavy atom. The average Bonchev–Trinajstić information content (AvgIpc) is 3.92. The molecule has 10 bridgehead atoms. The van der Waals surface area contributed by atoms with Crippen LogP contribution >= 0.6 is 0 Å². The van der Waals surface area contributed by atoms with Gasteiger partial charge < -0.3 is 0 Å². The van der Waals surface area contributed by atoms with Crippen molar-refractivity contribution in [3.05, 3.63) is 0 Å². The number of hydrogen-bond acceptors (Lipinski definition) is 0. The van der Waals surface area contributed by atoms with Crippen LogP contribution in [0.15, 0.2) is 0 Å².